The molecule has 0 saturated heterocycles. The molecule has 0 radical (unpaired) electrons. The molecular weight excluding hydrogens is 236 g/mol. The second kappa shape index (κ2) is 4.37. The number of halogens is 1. The molecule has 0 aromatic carbocycles. The third kappa shape index (κ3) is 2.82. The van der Waals surface area contributed by atoms with E-state index in [4.69, 9.17) is 16.7 Å². The predicted octanol–water partition coefficient (Wildman–Crippen LogP) is 3.16. The third-order valence-corrected chi connectivity index (χ3v) is 2.88. The summed E-state index contributed by atoms with van der Waals surface area (Å²) in [6, 6.07) is 0. The molecule has 0 fully saturated rings. The molecule has 1 rings (SSSR count). The van der Waals surface area contributed by atoms with Gasteiger partial charge in [-0.3, -0.25) is 0 Å². The molecule has 0 unspecified atom stereocenters. The van der Waals surface area contributed by atoms with Gasteiger partial charge in [-0.1, -0.05) is 0 Å². The number of carbonyl (C=O) groups is 1. The van der Waals surface area contributed by atoms with E-state index in [-0.39, 0.29) is 0 Å². The third-order valence-electron chi connectivity index (χ3n) is 1.73. The number of aromatic nitrogens is 1. The molecule has 1 heterocycles. The number of rotatable bonds is 2. The van der Waals surface area contributed by atoms with Crippen molar-refractivity contribution < 1.29 is 9.90 Å². The van der Waals surface area contributed by atoms with Gasteiger partial charge >= 0.3 is 6.09 Å². The van der Waals surface area contributed by atoms with Crippen LogP contribution >= 0.6 is 22.9 Å². The van der Waals surface area contributed by atoms with Gasteiger partial charge in [0.25, 0.3) is 0 Å². The highest BCUT2D eigenvalue weighted by atomic mass is 35.5. The Hall–Kier alpha value is -0.810. The summed E-state index contributed by atoms with van der Waals surface area (Å²) in [6.07, 6.45) is -1.00. The Morgan fingerprint density at radius 2 is 2.27 bits per heavy atom. The standard InChI is InChI=1S/C9H13ClN2O2S/c1-9(2,3)12(8(13)14)7-11-6(4-10)5-15-7/h5H,4H2,1-3H3,(H,13,14). The molecule has 0 aliphatic rings. The molecule has 15 heavy (non-hydrogen) atoms. The molecule has 0 spiro atoms. The number of amides is 1. The van der Waals surface area contributed by atoms with Crippen LogP contribution in [0, 0.1) is 0 Å². The molecule has 0 atom stereocenters. The molecule has 1 N–H and O–H groups in total. The van der Waals surface area contributed by atoms with Crippen LogP contribution in [0.15, 0.2) is 5.38 Å². The number of thiazole rings is 1. The van der Waals surface area contributed by atoms with Gasteiger partial charge in [0.15, 0.2) is 5.13 Å². The number of anilines is 1. The second-order valence-corrected chi connectivity index (χ2v) is 5.15. The van der Waals surface area contributed by atoms with E-state index in [0.29, 0.717) is 16.7 Å². The number of nitrogens with zero attached hydrogens (tertiary/aromatic N) is 2. The number of alkyl halides is 1. The lowest BCUT2D eigenvalue weighted by molar-refractivity contribution is 0.195. The van der Waals surface area contributed by atoms with E-state index in [0.717, 1.165) is 0 Å². The summed E-state index contributed by atoms with van der Waals surface area (Å²) in [6.45, 7) is 5.47. The van der Waals surface area contributed by atoms with Gasteiger partial charge in [0.2, 0.25) is 0 Å². The van der Waals surface area contributed by atoms with Crippen LogP contribution in [0.25, 0.3) is 0 Å². The zero-order valence-electron chi connectivity index (χ0n) is 8.82. The molecule has 6 heteroatoms. The van der Waals surface area contributed by atoms with Crippen molar-refractivity contribution in [2.75, 3.05) is 4.90 Å². The molecular formula is C9H13ClN2O2S. The zero-order valence-corrected chi connectivity index (χ0v) is 10.4. The average Bonchev–Trinajstić information content (AvgIpc) is 2.49. The van der Waals surface area contributed by atoms with Gasteiger partial charge in [-0.2, -0.15) is 0 Å². The van der Waals surface area contributed by atoms with Crippen LogP contribution in [0.5, 0.6) is 0 Å². The van der Waals surface area contributed by atoms with Gasteiger partial charge in [0.05, 0.1) is 11.6 Å². The second-order valence-electron chi connectivity index (χ2n) is 4.04. The lowest BCUT2D eigenvalue weighted by atomic mass is 10.1. The molecule has 0 aliphatic heterocycles. The fraction of sp³-hybridized carbons (Fsp3) is 0.556. The first-order chi connectivity index (χ1) is 6.86. The van der Waals surface area contributed by atoms with Gasteiger partial charge in [-0.05, 0) is 20.8 Å². The van der Waals surface area contributed by atoms with Crippen LogP contribution in [-0.4, -0.2) is 21.7 Å². The summed E-state index contributed by atoms with van der Waals surface area (Å²) in [5.74, 6) is 0.300. The van der Waals surface area contributed by atoms with Crippen molar-refractivity contribution in [2.45, 2.75) is 32.2 Å². The molecule has 84 valence electrons. The fourth-order valence-corrected chi connectivity index (χ4v) is 2.35. The van der Waals surface area contributed by atoms with Crippen molar-refractivity contribution in [3.63, 3.8) is 0 Å². The van der Waals surface area contributed by atoms with Crippen LogP contribution in [0.3, 0.4) is 0 Å². The molecule has 0 saturated carbocycles. The van der Waals surface area contributed by atoms with Crippen LogP contribution in [0.1, 0.15) is 26.5 Å². The highest BCUT2D eigenvalue weighted by molar-refractivity contribution is 7.14. The van der Waals surface area contributed by atoms with Crippen molar-refractivity contribution in [1.82, 2.24) is 4.98 Å². The van der Waals surface area contributed by atoms with Crippen molar-refractivity contribution in [2.24, 2.45) is 0 Å². The molecule has 1 aromatic rings. The van der Waals surface area contributed by atoms with Gasteiger partial charge < -0.3 is 5.11 Å². The van der Waals surface area contributed by atoms with Crippen LogP contribution in [0.2, 0.25) is 0 Å². The fourth-order valence-electron chi connectivity index (χ4n) is 1.12. The van der Waals surface area contributed by atoms with Crippen molar-refractivity contribution >= 4 is 34.2 Å². The number of hydrogen-bond donors (Lipinski definition) is 1. The highest BCUT2D eigenvalue weighted by Crippen LogP contribution is 2.27. The van der Waals surface area contributed by atoms with Crippen molar-refractivity contribution in [3.05, 3.63) is 11.1 Å². The van der Waals surface area contributed by atoms with Crippen LogP contribution in [-0.2, 0) is 5.88 Å². The van der Waals surface area contributed by atoms with Gasteiger partial charge in [0, 0.05) is 10.9 Å². The summed E-state index contributed by atoms with van der Waals surface area (Å²) < 4.78 is 0. The summed E-state index contributed by atoms with van der Waals surface area (Å²) in [4.78, 5) is 16.5. The maximum Gasteiger partial charge on any atom is 0.414 e. The predicted molar refractivity (Wildman–Crippen MR) is 61.9 cm³/mol. The van der Waals surface area contributed by atoms with E-state index in [2.05, 4.69) is 4.98 Å². The lowest BCUT2D eigenvalue weighted by Gasteiger charge is -2.30. The SMILES string of the molecule is CC(C)(C)N(C(=O)O)c1nc(CCl)cs1. The van der Waals surface area contributed by atoms with Crippen LogP contribution < -0.4 is 4.90 Å². The van der Waals surface area contributed by atoms with E-state index in [1.807, 2.05) is 20.8 Å². The Morgan fingerprint density at radius 1 is 1.67 bits per heavy atom. The quantitative estimate of drug-likeness (QED) is 0.818. The minimum Gasteiger partial charge on any atom is -0.465 e. The van der Waals surface area contributed by atoms with E-state index in [1.54, 1.807) is 5.38 Å². The Labute approximate surface area is 97.5 Å². The molecule has 0 aliphatic carbocycles. The van der Waals surface area contributed by atoms with Crippen molar-refractivity contribution in [1.29, 1.82) is 0 Å². The minimum absolute atomic E-state index is 0.300. The van der Waals surface area contributed by atoms with Gasteiger partial charge in [0.1, 0.15) is 0 Å². The van der Waals surface area contributed by atoms with E-state index in [1.165, 1.54) is 16.2 Å². The lowest BCUT2D eigenvalue weighted by Crippen LogP contribution is -2.45. The largest absolute Gasteiger partial charge is 0.465 e. The normalized spacial score (nSPS) is 11.5. The van der Waals surface area contributed by atoms with E-state index < -0.39 is 11.6 Å². The number of carboxylic acid groups (broad SMARTS) is 1. The number of hydrogen-bond acceptors (Lipinski definition) is 3. The molecule has 4 nitrogen and oxygen atoms in total. The first-order valence-electron chi connectivity index (χ1n) is 4.40. The van der Waals surface area contributed by atoms with E-state index in [9.17, 15) is 4.79 Å². The monoisotopic (exact) mass is 248 g/mol. The highest BCUT2D eigenvalue weighted by Gasteiger charge is 2.30. The summed E-state index contributed by atoms with van der Waals surface area (Å²) >= 11 is 6.90. The Balaban J connectivity index is 3.05. The average molecular weight is 249 g/mol. The van der Waals surface area contributed by atoms with Crippen molar-refractivity contribution in [3.8, 4) is 0 Å². The minimum atomic E-state index is -1.00. The Kier molecular flexibility index (Phi) is 3.57. The summed E-state index contributed by atoms with van der Waals surface area (Å²) in [7, 11) is 0. The van der Waals surface area contributed by atoms with Crippen LogP contribution in [0.4, 0.5) is 9.93 Å². The first kappa shape index (κ1) is 12.3. The van der Waals surface area contributed by atoms with Gasteiger partial charge in [-0.15, -0.1) is 22.9 Å². The topological polar surface area (TPSA) is 53.4 Å². The molecule has 1 amide bonds. The van der Waals surface area contributed by atoms with E-state index >= 15 is 0 Å². The maximum absolute atomic E-state index is 11.1. The zero-order chi connectivity index (χ0) is 11.6. The van der Waals surface area contributed by atoms with Gasteiger partial charge in [-0.25, -0.2) is 14.7 Å². The Morgan fingerprint density at radius 3 is 2.60 bits per heavy atom. The summed E-state index contributed by atoms with van der Waals surface area (Å²) in [5, 5.41) is 11.3. The summed E-state index contributed by atoms with van der Waals surface area (Å²) in [5.41, 5.74) is 0.194. The smallest absolute Gasteiger partial charge is 0.414 e. The molecule has 1 aromatic heterocycles. The maximum atomic E-state index is 11.1. The molecule has 0 bridgehead atoms. The Bertz CT molecular complexity index is 359. The first-order valence-corrected chi connectivity index (χ1v) is 5.81.